The molecular formula is C16H19N3. The molecule has 1 unspecified atom stereocenters. The van der Waals surface area contributed by atoms with Crippen LogP contribution in [0.3, 0.4) is 0 Å². The van der Waals surface area contributed by atoms with Crippen LogP contribution in [0.5, 0.6) is 0 Å². The van der Waals surface area contributed by atoms with Crippen LogP contribution in [0.1, 0.15) is 37.1 Å². The quantitative estimate of drug-likeness (QED) is 0.500. The minimum Gasteiger partial charge on any atom is -0.271 e. The highest BCUT2D eigenvalue weighted by Gasteiger charge is 2.12. The van der Waals surface area contributed by atoms with E-state index >= 15 is 0 Å². The molecule has 0 radical (unpaired) electrons. The molecule has 98 valence electrons. The highest BCUT2D eigenvalue weighted by molar-refractivity contribution is 5.82. The van der Waals surface area contributed by atoms with Gasteiger partial charge in [0, 0.05) is 11.8 Å². The third-order valence-electron chi connectivity index (χ3n) is 3.24. The lowest BCUT2D eigenvalue weighted by molar-refractivity contribution is 0.513. The van der Waals surface area contributed by atoms with Crippen molar-refractivity contribution in [3.63, 3.8) is 0 Å². The van der Waals surface area contributed by atoms with E-state index in [2.05, 4.69) is 36.3 Å². The van der Waals surface area contributed by atoms with Gasteiger partial charge in [0.05, 0.1) is 17.3 Å². The number of hydrogen-bond donors (Lipinski definition) is 2. The van der Waals surface area contributed by atoms with Gasteiger partial charge in [-0.3, -0.25) is 16.3 Å². The smallest absolute Gasteiger partial charge is 0.0708 e. The summed E-state index contributed by atoms with van der Waals surface area (Å²) in [5.74, 6) is 11.6. The molecule has 1 atom stereocenters. The van der Waals surface area contributed by atoms with Crippen LogP contribution in [0, 0.1) is 18.8 Å². The number of aryl methyl sites for hydroxylation is 1. The molecule has 0 aliphatic heterocycles. The van der Waals surface area contributed by atoms with E-state index in [0.29, 0.717) is 0 Å². The first-order valence-corrected chi connectivity index (χ1v) is 6.48. The van der Waals surface area contributed by atoms with Gasteiger partial charge in [-0.2, -0.15) is 0 Å². The number of para-hydroxylation sites is 1. The van der Waals surface area contributed by atoms with Gasteiger partial charge in [0.25, 0.3) is 0 Å². The minimum absolute atomic E-state index is 0.0455. The average molecular weight is 253 g/mol. The number of fused-ring (bicyclic) bond motifs is 1. The number of nitrogens with zero attached hydrogens (tertiary/aromatic N) is 1. The van der Waals surface area contributed by atoms with E-state index in [9.17, 15) is 0 Å². The maximum absolute atomic E-state index is 5.64. The fourth-order valence-corrected chi connectivity index (χ4v) is 2.21. The predicted octanol–water partition coefficient (Wildman–Crippen LogP) is 2.85. The molecule has 2 rings (SSSR count). The maximum Gasteiger partial charge on any atom is 0.0708 e. The van der Waals surface area contributed by atoms with Crippen LogP contribution in [0.2, 0.25) is 0 Å². The van der Waals surface area contributed by atoms with Crippen molar-refractivity contribution in [1.29, 1.82) is 0 Å². The number of aromatic nitrogens is 1. The summed E-state index contributed by atoms with van der Waals surface area (Å²) >= 11 is 0. The maximum atomic E-state index is 5.64. The monoisotopic (exact) mass is 253 g/mol. The lowest BCUT2D eigenvalue weighted by atomic mass is 10.0. The van der Waals surface area contributed by atoms with E-state index in [1.165, 1.54) is 10.9 Å². The zero-order valence-electron chi connectivity index (χ0n) is 11.4. The lowest BCUT2D eigenvalue weighted by Gasteiger charge is -2.15. The second-order valence-corrected chi connectivity index (χ2v) is 4.57. The van der Waals surface area contributed by atoms with E-state index in [-0.39, 0.29) is 6.04 Å². The Labute approximate surface area is 114 Å². The molecule has 0 bridgehead atoms. The summed E-state index contributed by atoms with van der Waals surface area (Å²) in [5, 5.41) is 1.19. The van der Waals surface area contributed by atoms with Crippen molar-refractivity contribution in [2.24, 2.45) is 5.84 Å². The van der Waals surface area contributed by atoms with Crippen molar-refractivity contribution in [3.05, 3.63) is 41.6 Å². The van der Waals surface area contributed by atoms with Crippen molar-refractivity contribution < 1.29 is 0 Å². The van der Waals surface area contributed by atoms with Crippen molar-refractivity contribution >= 4 is 10.9 Å². The van der Waals surface area contributed by atoms with Gasteiger partial charge in [0.15, 0.2) is 0 Å². The van der Waals surface area contributed by atoms with E-state index < -0.39 is 0 Å². The summed E-state index contributed by atoms with van der Waals surface area (Å²) in [4.78, 5) is 4.70. The number of rotatable bonds is 4. The van der Waals surface area contributed by atoms with Gasteiger partial charge >= 0.3 is 0 Å². The molecule has 1 aromatic carbocycles. The van der Waals surface area contributed by atoms with Crippen LogP contribution in [-0.2, 0) is 0 Å². The molecule has 0 saturated carbocycles. The van der Waals surface area contributed by atoms with Crippen LogP contribution in [-0.4, -0.2) is 4.98 Å². The van der Waals surface area contributed by atoms with E-state index in [1.54, 1.807) is 0 Å². The van der Waals surface area contributed by atoms with Crippen molar-refractivity contribution in [1.82, 2.24) is 10.4 Å². The lowest BCUT2D eigenvalue weighted by Crippen LogP contribution is -2.28. The van der Waals surface area contributed by atoms with Crippen molar-refractivity contribution in [2.45, 2.75) is 32.7 Å². The van der Waals surface area contributed by atoms with Gasteiger partial charge in [0.2, 0.25) is 0 Å². The van der Waals surface area contributed by atoms with Crippen molar-refractivity contribution in [3.8, 4) is 11.8 Å². The third kappa shape index (κ3) is 3.11. The van der Waals surface area contributed by atoms with Crippen LogP contribution < -0.4 is 11.3 Å². The Morgan fingerprint density at radius 1 is 1.37 bits per heavy atom. The van der Waals surface area contributed by atoms with Gasteiger partial charge < -0.3 is 0 Å². The molecule has 0 saturated heterocycles. The molecule has 3 nitrogen and oxygen atoms in total. The molecule has 3 heteroatoms. The molecule has 3 N–H and O–H groups in total. The highest BCUT2D eigenvalue weighted by Crippen LogP contribution is 2.22. The molecule has 1 aromatic heterocycles. The normalized spacial score (nSPS) is 11.9. The number of nitrogens with two attached hydrogens (primary N) is 1. The summed E-state index contributed by atoms with van der Waals surface area (Å²) in [6.45, 7) is 3.95. The Hall–Kier alpha value is -1.89. The highest BCUT2D eigenvalue weighted by atomic mass is 15.2. The van der Waals surface area contributed by atoms with Crippen LogP contribution >= 0.6 is 0 Å². The fraction of sp³-hybridized carbons (Fsp3) is 0.312. The molecular weight excluding hydrogens is 234 g/mol. The molecule has 1 heterocycles. The first-order valence-electron chi connectivity index (χ1n) is 6.48. The van der Waals surface area contributed by atoms with Gasteiger partial charge in [-0.25, -0.2) is 0 Å². The Balaban J connectivity index is 2.34. The number of hydrogen-bond acceptors (Lipinski definition) is 3. The largest absolute Gasteiger partial charge is 0.271 e. The van der Waals surface area contributed by atoms with Gasteiger partial charge in [0.1, 0.15) is 0 Å². The number of pyridine rings is 1. The Morgan fingerprint density at radius 3 is 2.89 bits per heavy atom. The minimum atomic E-state index is 0.0455. The zero-order chi connectivity index (χ0) is 13.7. The third-order valence-corrected chi connectivity index (χ3v) is 3.24. The number of hydrazine groups is 1. The molecule has 0 spiro atoms. The molecule has 0 aliphatic carbocycles. The summed E-state index contributed by atoms with van der Waals surface area (Å²) in [6, 6.07) is 10.3. The fourth-order valence-electron chi connectivity index (χ4n) is 2.21. The summed E-state index contributed by atoms with van der Waals surface area (Å²) in [6.07, 6.45) is 1.68. The summed E-state index contributed by atoms with van der Waals surface area (Å²) in [5.41, 5.74) is 6.06. The molecule has 0 fully saturated rings. The Kier molecular flexibility index (Phi) is 4.51. The average Bonchev–Trinajstić information content (AvgIpc) is 2.44. The van der Waals surface area contributed by atoms with Crippen LogP contribution in [0.25, 0.3) is 10.9 Å². The van der Waals surface area contributed by atoms with Crippen molar-refractivity contribution in [2.75, 3.05) is 0 Å². The van der Waals surface area contributed by atoms with Crippen LogP contribution in [0.4, 0.5) is 0 Å². The molecule has 0 amide bonds. The summed E-state index contributed by atoms with van der Waals surface area (Å²) < 4.78 is 0. The Bertz CT molecular complexity index is 623. The van der Waals surface area contributed by atoms with Gasteiger partial charge in [-0.05, 0) is 38.0 Å². The number of benzene rings is 1. The van der Waals surface area contributed by atoms with Gasteiger partial charge in [-0.1, -0.05) is 18.2 Å². The standard InChI is InChI=1S/C16H19N3/c1-3-4-5-10-15(19-17)16-11-12(2)13-8-6-7-9-14(13)18-16/h6-9,11,15,19H,5,10,17H2,1-2H3. The first-order chi connectivity index (χ1) is 9.26. The summed E-state index contributed by atoms with van der Waals surface area (Å²) in [7, 11) is 0. The predicted molar refractivity (Wildman–Crippen MR) is 79.2 cm³/mol. The Morgan fingerprint density at radius 2 is 2.16 bits per heavy atom. The zero-order valence-corrected chi connectivity index (χ0v) is 11.4. The van der Waals surface area contributed by atoms with Crippen LogP contribution in [0.15, 0.2) is 30.3 Å². The SMILES string of the molecule is CC#CCCC(NN)c1cc(C)c2ccccc2n1. The topological polar surface area (TPSA) is 50.9 Å². The molecule has 19 heavy (non-hydrogen) atoms. The molecule has 2 aromatic rings. The second-order valence-electron chi connectivity index (χ2n) is 4.57. The van der Waals surface area contributed by atoms with E-state index in [1.807, 2.05) is 25.1 Å². The van der Waals surface area contributed by atoms with E-state index in [4.69, 9.17) is 10.8 Å². The number of nitrogens with one attached hydrogen (secondary N) is 1. The van der Waals surface area contributed by atoms with E-state index in [0.717, 1.165) is 24.1 Å². The molecule has 0 aliphatic rings. The van der Waals surface area contributed by atoms with Gasteiger partial charge in [-0.15, -0.1) is 11.8 Å². The second kappa shape index (κ2) is 6.33. The first kappa shape index (κ1) is 13.5.